The van der Waals surface area contributed by atoms with Gasteiger partial charge in [-0.1, -0.05) is 87.5 Å². The maximum absolute atomic E-state index is 14.5. The van der Waals surface area contributed by atoms with Gasteiger partial charge in [-0.3, -0.25) is 14.6 Å². The van der Waals surface area contributed by atoms with Crippen molar-refractivity contribution in [2.45, 2.75) is 70.1 Å². The van der Waals surface area contributed by atoms with Crippen molar-refractivity contribution in [1.82, 2.24) is 4.98 Å². The first-order valence-electron chi connectivity index (χ1n) is 21.0. The largest absolute Gasteiger partial charge is 0.459 e. The molecule has 4 atom stereocenters. The van der Waals surface area contributed by atoms with E-state index in [0.717, 1.165) is 21.5 Å². The van der Waals surface area contributed by atoms with Crippen LogP contribution in [0, 0.1) is 17.8 Å². The predicted molar refractivity (Wildman–Crippen MR) is 230 cm³/mol. The van der Waals surface area contributed by atoms with Crippen LogP contribution in [0.15, 0.2) is 131 Å². The molecule has 8 nitrogen and oxygen atoms in total. The monoisotopic (exact) mass is 900 g/mol. The van der Waals surface area contributed by atoms with Gasteiger partial charge in [-0.25, -0.2) is 4.90 Å². The Balaban J connectivity index is 1.21. The molecule has 2 saturated heterocycles. The Morgan fingerprint density at radius 1 is 0.828 bits per heavy atom. The Kier molecular flexibility index (Phi) is 12.2. The third-order valence-corrected chi connectivity index (χ3v) is 17.5. The molecule has 8 rings (SSSR count). The number of amides is 2. The molecule has 3 aromatic carbocycles. The van der Waals surface area contributed by atoms with Gasteiger partial charge in [0, 0.05) is 12.1 Å². The minimum absolute atomic E-state index is 0.0186. The molecule has 0 spiro atoms. The van der Waals surface area contributed by atoms with Crippen LogP contribution in [0.3, 0.4) is 0 Å². The number of alkyl halides is 6. The topological polar surface area (TPSA) is 102 Å². The van der Waals surface area contributed by atoms with Crippen LogP contribution in [-0.4, -0.2) is 49.5 Å². The number of aliphatic hydroxyl groups is 1. The third kappa shape index (κ3) is 8.53. The Morgan fingerprint density at radius 3 is 2.00 bits per heavy atom. The number of fused-ring (bicyclic) bond motifs is 3. The van der Waals surface area contributed by atoms with Crippen LogP contribution < -0.4 is 15.3 Å². The summed E-state index contributed by atoms with van der Waals surface area (Å²) in [6.45, 7) is 6.07. The Morgan fingerprint density at radius 2 is 1.45 bits per heavy atom. The number of anilines is 1. The molecule has 5 aromatic rings. The minimum atomic E-state index is -5.19. The summed E-state index contributed by atoms with van der Waals surface area (Å²) >= 11 is 0. The van der Waals surface area contributed by atoms with E-state index in [2.05, 4.69) is 25.8 Å². The van der Waals surface area contributed by atoms with E-state index in [-0.39, 0.29) is 32.3 Å². The Labute approximate surface area is 367 Å². The van der Waals surface area contributed by atoms with E-state index in [9.17, 15) is 41.0 Å². The highest BCUT2D eigenvalue weighted by molar-refractivity contribution is 6.99. The van der Waals surface area contributed by atoms with Crippen molar-refractivity contribution in [3.63, 3.8) is 0 Å². The maximum atomic E-state index is 14.5. The van der Waals surface area contributed by atoms with Gasteiger partial charge < -0.3 is 18.7 Å². The zero-order chi connectivity index (χ0) is 45.6. The smallest absolute Gasteiger partial charge is 0.416 e. The standard InChI is InChI=1S/C49H46F6N2O6Si/c1-47(2,3)64(37-12-6-4-7-13-37,38-14-8-5-9-15-38)62-28-31-23-39-44(46(60)57(45(39)59)34-25-32(48(50,51)52)24-33(26-34)49(53,54)55)40-29-61-42(43(31)40)20-17-30(41-16-10-11-21-56-41)22-35-18-19-36(27-58)63-35/h4-16,18-19,21-22,24-26,39-40,42,44,58H,17,20,23,27-29H2,1-3H3/b30-22-/t39-,40+,42-,44-/m1/s1. The average Bonchev–Trinajstić information content (AvgIpc) is 3.98. The fourth-order valence-corrected chi connectivity index (χ4v) is 14.3. The lowest BCUT2D eigenvalue weighted by atomic mass is 9.69. The zero-order valence-corrected chi connectivity index (χ0v) is 36.2. The second-order valence-electron chi connectivity index (χ2n) is 17.4. The normalized spacial score (nSPS) is 20.8. The van der Waals surface area contributed by atoms with Crippen molar-refractivity contribution >= 4 is 47.8 Å². The van der Waals surface area contributed by atoms with Crippen LogP contribution in [0.5, 0.6) is 0 Å². The summed E-state index contributed by atoms with van der Waals surface area (Å²) < 4.78 is 104. The zero-order valence-electron chi connectivity index (χ0n) is 35.2. The fourth-order valence-electron chi connectivity index (χ4n) is 9.73. The lowest BCUT2D eigenvalue weighted by Crippen LogP contribution is -2.66. The van der Waals surface area contributed by atoms with Gasteiger partial charge in [0.2, 0.25) is 11.8 Å². The molecule has 1 N–H and O–H groups in total. The number of halogens is 6. The van der Waals surface area contributed by atoms with Crippen LogP contribution in [0.2, 0.25) is 5.04 Å². The summed E-state index contributed by atoms with van der Waals surface area (Å²) in [6, 6.07) is 29.5. The third-order valence-electron chi connectivity index (χ3n) is 12.5. The minimum Gasteiger partial charge on any atom is -0.459 e. The van der Waals surface area contributed by atoms with Gasteiger partial charge in [-0.15, -0.1) is 0 Å². The molecule has 3 aliphatic rings. The second kappa shape index (κ2) is 17.4. The molecule has 15 heteroatoms. The summed E-state index contributed by atoms with van der Waals surface area (Å²) in [5.41, 5.74) is -1.16. The number of hydrogen-bond acceptors (Lipinski definition) is 7. The highest BCUT2D eigenvalue weighted by Gasteiger charge is 2.58. The van der Waals surface area contributed by atoms with Crippen LogP contribution in [0.1, 0.15) is 68.4 Å². The number of carbonyl (C=O) groups is 2. The number of nitrogens with zero attached hydrogens (tertiary/aromatic N) is 2. The molecule has 2 amide bonds. The van der Waals surface area contributed by atoms with Gasteiger partial charge in [0.25, 0.3) is 8.32 Å². The van der Waals surface area contributed by atoms with Crippen molar-refractivity contribution < 1.29 is 54.6 Å². The number of carbonyl (C=O) groups excluding carboxylic acids is 2. The second-order valence-corrected chi connectivity index (χ2v) is 21.7. The highest BCUT2D eigenvalue weighted by Crippen LogP contribution is 2.52. The number of aliphatic hydroxyl groups excluding tert-OH is 1. The molecule has 64 heavy (non-hydrogen) atoms. The summed E-state index contributed by atoms with van der Waals surface area (Å²) in [5, 5.41) is 11.2. The van der Waals surface area contributed by atoms with Crippen molar-refractivity contribution in [3.8, 4) is 0 Å². The van der Waals surface area contributed by atoms with E-state index in [1.807, 2.05) is 78.9 Å². The van der Waals surface area contributed by atoms with Gasteiger partial charge in [-0.05, 0) is 99.9 Å². The molecular weight excluding hydrogens is 855 g/mol. The number of hydrogen-bond donors (Lipinski definition) is 1. The number of imide groups is 1. The van der Waals surface area contributed by atoms with Crippen LogP contribution in [0.4, 0.5) is 32.0 Å². The van der Waals surface area contributed by atoms with E-state index >= 15 is 0 Å². The van der Waals surface area contributed by atoms with Crippen LogP contribution >= 0.6 is 0 Å². The molecule has 2 aromatic heterocycles. The van der Waals surface area contributed by atoms with E-state index in [1.165, 1.54) is 0 Å². The molecule has 1 aliphatic carbocycles. The van der Waals surface area contributed by atoms with Crippen molar-refractivity contribution in [2.75, 3.05) is 18.1 Å². The number of pyridine rings is 1. The first kappa shape index (κ1) is 45.0. The van der Waals surface area contributed by atoms with Crippen molar-refractivity contribution in [2.24, 2.45) is 17.8 Å². The van der Waals surface area contributed by atoms with Gasteiger partial charge in [0.05, 0.1) is 53.7 Å². The quantitative estimate of drug-likeness (QED) is 0.0576. The molecule has 0 bridgehead atoms. The van der Waals surface area contributed by atoms with E-state index in [0.29, 0.717) is 52.7 Å². The molecule has 0 saturated carbocycles. The summed E-state index contributed by atoms with van der Waals surface area (Å²) in [4.78, 5) is 34.1. The SMILES string of the molecule is CC(C)(C)[Si](OCC1=C2[C@@H](CC/C(=C/c3ccc(CO)o3)c3ccccn3)OC[C@@H]2[C@@H]2C(=O)N(c3cc(C(F)(F)F)cc(C(F)(F)F)c3)C(=O)[C@@H]2C1)(c1ccccc1)c1ccccc1. The van der Waals surface area contributed by atoms with Crippen LogP contribution in [-0.2, 0) is 37.7 Å². The van der Waals surface area contributed by atoms with Crippen molar-refractivity contribution in [3.05, 3.63) is 155 Å². The lowest BCUT2D eigenvalue weighted by molar-refractivity contribution is -0.143. The number of allylic oxidation sites excluding steroid dienone is 1. The van der Waals surface area contributed by atoms with Gasteiger partial charge in [0.15, 0.2) is 0 Å². The number of aromatic nitrogens is 1. The van der Waals surface area contributed by atoms with Crippen molar-refractivity contribution in [1.29, 1.82) is 0 Å². The average molecular weight is 901 g/mol. The number of rotatable bonds is 12. The Hall–Kier alpha value is -5.61. The first-order valence-corrected chi connectivity index (χ1v) is 22.9. The highest BCUT2D eigenvalue weighted by atomic mass is 28.4. The maximum Gasteiger partial charge on any atom is 0.416 e. The Bertz CT molecular complexity index is 2500. The molecular formula is C49H46F6N2O6Si. The molecule has 4 heterocycles. The molecule has 2 aliphatic heterocycles. The summed E-state index contributed by atoms with van der Waals surface area (Å²) in [7, 11) is -3.20. The summed E-state index contributed by atoms with van der Waals surface area (Å²) in [5.74, 6) is -3.83. The van der Waals surface area contributed by atoms with E-state index in [4.69, 9.17) is 13.6 Å². The summed E-state index contributed by atoms with van der Waals surface area (Å²) in [6.07, 6.45) is -6.77. The van der Waals surface area contributed by atoms with Gasteiger partial charge in [0.1, 0.15) is 18.1 Å². The van der Waals surface area contributed by atoms with E-state index < -0.39 is 78.2 Å². The lowest BCUT2D eigenvalue weighted by Gasteiger charge is -2.44. The molecule has 2 fully saturated rings. The first-order chi connectivity index (χ1) is 30.4. The molecule has 0 unspecified atom stereocenters. The number of benzene rings is 3. The van der Waals surface area contributed by atoms with Gasteiger partial charge >= 0.3 is 12.4 Å². The fraction of sp³-hybridized carbons (Fsp3) is 0.327. The number of ether oxygens (including phenoxy) is 1. The van der Waals surface area contributed by atoms with Gasteiger partial charge in [-0.2, -0.15) is 26.3 Å². The predicted octanol–water partition coefficient (Wildman–Crippen LogP) is 9.62. The van der Waals surface area contributed by atoms with E-state index in [1.54, 1.807) is 24.4 Å². The number of furan rings is 1. The molecule has 334 valence electrons. The molecule has 0 radical (unpaired) electrons. The van der Waals surface area contributed by atoms with Crippen LogP contribution in [0.25, 0.3) is 11.6 Å².